The monoisotopic (exact) mass is 215 g/mol. The second-order valence-electron chi connectivity index (χ2n) is 2.84. The van der Waals surface area contributed by atoms with E-state index in [9.17, 15) is 0 Å². The number of nitrogens with zero attached hydrogens (tertiary/aromatic N) is 1. The van der Waals surface area contributed by atoms with Crippen molar-refractivity contribution in [2.45, 2.75) is 0 Å². The number of rotatable bonds is 1. The van der Waals surface area contributed by atoms with Gasteiger partial charge >= 0.3 is 0 Å². The third-order valence-electron chi connectivity index (χ3n) is 1.81. The first-order chi connectivity index (χ1) is 7.40. The van der Waals surface area contributed by atoms with Gasteiger partial charge in [-0.1, -0.05) is 17.9 Å². The van der Waals surface area contributed by atoms with Gasteiger partial charge in [-0.2, -0.15) is 0 Å². The summed E-state index contributed by atoms with van der Waals surface area (Å²) in [4.78, 5) is 6.30. The molecule has 2 heterocycles. The lowest BCUT2D eigenvalue weighted by Gasteiger charge is -1.92. The molecule has 0 aliphatic heterocycles. The van der Waals surface area contributed by atoms with E-state index in [1.54, 1.807) is 17.5 Å². The highest BCUT2D eigenvalue weighted by atomic mass is 32.1. The lowest BCUT2D eigenvalue weighted by atomic mass is 10.3. The fraction of sp³-hybridized carbons (Fsp3) is 0.0833. The average Bonchev–Trinajstić information content (AvgIpc) is 2.76. The molecule has 0 radical (unpaired) electrons. The first-order valence-corrected chi connectivity index (χ1v) is 5.33. The lowest BCUT2D eigenvalue weighted by Crippen LogP contribution is -1.75. The Bertz CT molecular complexity index is 493. The highest BCUT2D eigenvalue weighted by molar-refractivity contribution is 7.16. The lowest BCUT2D eigenvalue weighted by molar-refractivity contribution is 0.350. The molecule has 3 heteroatoms. The van der Waals surface area contributed by atoms with Crippen LogP contribution >= 0.6 is 11.3 Å². The fourth-order valence-electron chi connectivity index (χ4n) is 1.18. The van der Waals surface area contributed by atoms with Gasteiger partial charge in [-0.05, 0) is 24.3 Å². The molecule has 0 saturated carbocycles. The van der Waals surface area contributed by atoms with E-state index in [1.165, 1.54) is 0 Å². The Labute approximate surface area is 92.2 Å². The van der Waals surface area contributed by atoms with Crippen LogP contribution in [0.1, 0.15) is 4.88 Å². The number of aromatic nitrogens is 1. The van der Waals surface area contributed by atoms with Crippen LogP contribution in [0.15, 0.2) is 36.5 Å². The molecule has 0 fully saturated rings. The van der Waals surface area contributed by atoms with E-state index in [4.69, 9.17) is 5.11 Å². The minimum atomic E-state index is -0.100. The van der Waals surface area contributed by atoms with Crippen molar-refractivity contribution >= 4 is 11.3 Å². The molecule has 74 valence electrons. The predicted molar refractivity (Wildman–Crippen MR) is 61.5 cm³/mol. The zero-order valence-corrected chi connectivity index (χ0v) is 8.79. The summed E-state index contributed by atoms with van der Waals surface area (Å²) in [5, 5.41) is 8.57. The first kappa shape index (κ1) is 9.91. The third-order valence-corrected chi connectivity index (χ3v) is 2.84. The minimum absolute atomic E-state index is 0.100. The smallest absolute Gasteiger partial charge is 0.104 e. The van der Waals surface area contributed by atoms with Crippen molar-refractivity contribution in [2.75, 3.05) is 6.61 Å². The van der Waals surface area contributed by atoms with Crippen LogP contribution in [0.4, 0.5) is 0 Å². The van der Waals surface area contributed by atoms with E-state index in [2.05, 4.69) is 16.8 Å². The van der Waals surface area contributed by atoms with Crippen molar-refractivity contribution in [1.82, 2.24) is 4.98 Å². The molecule has 0 atom stereocenters. The molecule has 2 nitrogen and oxygen atoms in total. The van der Waals surface area contributed by atoms with Crippen LogP contribution in [-0.2, 0) is 0 Å². The maximum Gasteiger partial charge on any atom is 0.104 e. The topological polar surface area (TPSA) is 33.1 Å². The van der Waals surface area contributed by atoms with Gasteiger partial charge in [-0.3, -0.25) is 4.98 Å². The van der Waals surface area contributed by atoms with E-state index in [1.807, 2.05) is 30.3 Å². The molecule has 15 heavy (non-hydrogen) atoms. The van der Waals surface area contributed by atoms with Gasteiger partial charge in [0.25, 0.3) is 0 Å². The van der Waals surface area contributed by atoms with E-state index >= 15 is 0 Å². The standard InChI is InChI=1S/C12H9NOS/c14-9-3-4-10-6-7-12(15-10)11-5-1-2-8-13-11/h1-2,5-8,14H,9H2. The summed E-state index contributed by atoms with van der Waals surface area (Å²) in [6.45, 7) is -0.100. The maximum absolute atomic E-state index is 8.57. The number of thiophene rings is 1. The molecule has 0 aliphatic rings. The van der Waals surface area contributed by atoms with Gasteiger partial charge in [0.1, 0.15) is 6.61 Å². The molecule has 0 bridgehead atoms. The van der Waals surface area contributed by atoms with Crippen LogP contribution in [0.3, 0.4) is 0 Å². The minimum Gasteiger partial charge on any atom is -0.384 e. The van der Waals surface area contributed by atoms with Crippen molar-refractivity contribution in [3.05, 3.63) is 41.4 Å². The van der Waals surface area contributed by atoms with Crippen molar-refractivity contribution < 1.29 is 5.11 Å². The molecule has 2 rings (SSSR count). The molecule has 0 spiro atoms. The van der Waals surface area contributed by atoms with Crippen LogP contribution in [0.25, 0.3) is 10.6 Å². The molecular weight excluding hydrogens is 206 g/mol. The molecular formula is C12H9NOS. The highest BCUT2D eigenvalue weighted by Crippen LogP contribution is 2.25. The summed E-state index contributed by atoms with van der Waals surface area (Å²) in [5.41, 5.74) is 0.958. The second-order valence-corrected chi connectivity index (χ2v) is 3.92. The van der Waals surface area contributed by atoms with Gasteiger partial charge in [-0.15, -0.1) is 11.3 Å². The van der Waals surface area contributed by atoms with Gasteiger partial charge in [0, 0.05) is 6.20 Å². The zero-order chi connectivity index (χ0) is 10.5. The second kappa shape index (κ2) is 4.74. The van der Waals surface area contributed by atoms with Crippen molar-refractivity contribution in [2.24, 2.45) is 0 Å². The largest absolute Gasteiger partial charge is 0.384 e. The molecule has 0 saturated heterocycles. The Kier molecular flexibility index (Phi) is 3.13. The molecule has 0 aliphatic carbocycles. The maximum atomic E-state index is 8.57. The number of pyridine rings is 1. The Morgan fingerprint density at radius 1 is 1.27 bits per heavy atom. The van der Waals surface area contributed by atoms with Crippen molar-refractivity contribution in [1.29, 1.82) is 0 Å². The summed E-state index contributed by atoms with van der Waals surface area (Å²) >= 11 is 1.58. The summed E-state index contributed by atoms with van der Waals surface area (Å²) in [6, 6.07) is 9.76. The molecule has 0 unspecified atom stereocenters. The van der Waals surface area contributed by atoms with Crippen molar-refractivity contribution in [3.63, 3.8) is 0 Å². The van der Waals surface area contributed by atoms with E-state index in [0.717, 1.165) is 15.4 Å². The predicted octanol–water partition coefficient (Wildman–Crippen LogP) is 2.15. The average molecular weight is 215 g/mol. The van der Waals surface area contributed by atoms with Crippen LogP contribution in [0.2, 0.25) is 0 Å². The third kappa shape index (κ3) is 2.44. The van der Waals surface area contributed by atoms with Gasteiger partial charge < -0.3 is 5.11 Å². The van der Waals surface area contributed by atoms with Gasteiger partial charge in [0.15, 0.2) is 0 Å². The highest BCUT2D eigenvalue weighted by Gasteiger charge is 2.00. The summed E-state index contributed by atoms with van der Waals surface area (Å²) < 4.78 is 0. The molecule has 2 aromatic heterocycles. The quantitative estimate of drug-likeness (QED) is 0.739. The van der Waals surface area contributed by atoms with E-state index in [-0.39, 0.29) is 6.61 Å². The Balaban J connectivity index is 2.28. The molecule has 1 N–H and O–H groups in total. The summed E-state index contributed by atoms with van der Waals surface area (Å²) in [5.74, 6) is 5.50. The van der Waals surface area contributed by atoms with Gasteiger partial charge in [0.2, 0.25) is 0 Å². The summed E-state index contributed by atoms with van der Waals surface area (Å²) in [6.07, 6.45) is 1.77. The zero-order valence-electron chi connectivity index (χ0n) is 7.97. The van der Waals surface area contributed by atoms with Crippen LogP contribution < -0.4 is 0 Å². The van der Waals surface area contributed by atoms with Crippen LogP contribution in [-0.4, -0.2) is 16.7 Å². The van der Waals surface area contributed by atoms with Crippen LogP contribution in [0, 0.1) is 11.8 Å². The van der Waals surface area contributed by atoms with E-state index in [0.29, 0.717) is 0 Å². The number of hydrogen-bond donors (Lipinski definition) is 1. The van der Waals surface area contributed by atoms with Crippen molar-refractivity contribution in [3.8, 4) is 22.4 Å². The Hall–Kier alpha value is -1.63. The number of hydrogen-bond acceptors (Lipinski definition) is 3. The Morgan fingerprint density at radius 2 is 2.20 bits per heavy atom. The Morgan fingerprint density at radius 3 is 2.93 bits per heavy atom. The molecule has 0 amide bonds. The normalized spacial score (nSPS) is 9.40. The first-order valence-electron chi connectivity index (χ1n) is 4.51. The summed E-state index contributed by atoms with van der Waals surface area (Å²) in [7, 11) is 0. The number of aliphatic hydroxyl groups excluding tert-OH is 1. The van der Waals surface area contributed by atoms with Gasteiger partial charge in [-0.25, -0.2) is 0 Å². The van der Waals surface area contributed by atoms with E-state index < -0.39 is 0 Å². The molecule has 2 aromatic rings. The molecule has 0 aromatic carbocycles. The SMILES string of the molecule is OCC#Cc1ccc(-c2ccccn2)s1. The van der Waals surface area contributed by atoms with Crippen LogP contribution in [0.5, 0.6) is 0 Å². The fourth-order valence-corrected chi connectivity index (χ4v) is 2.04. The van der Waals surface area contributed by atoms with Gasteiger partial charge in [0.05, 0.1) is 15.4 Å². The number of aliphatic hydroxyl groups is 1.